The third-order valence-electron chi connectivity index (χ3n) is 4.69. The maximum atomic E-state index is 13.3. The molecule has 8 heteroatoms. The number of carbonyl (C=O) groups excluding carboxylic acids is 1. The average Bonchev–Trinajstić information content (AvgIpc) is 3.15. The number of thioether (sulfide) groups is 1. The summed E-state index contributed by atoms with van der Waals surface area (Å²) in [5.41, 5.74) is 2.34. The van der Waals surface area contributed by atoms with Crippen molar-refractivity contribution in [3.05, 3.63) is 64.4 Å². The van der Waals surface area contributed by atoms with Crippen LogP contribution in [0.1, 0.15) is 19.4 Å². The molecule has 1 N–H and O–H groups in total. The van der Waals surface area contributed by atoms with Crippen LogP contribution in [0.5, 0.6) is 0 Å². The number of benzene rings is 2. The van der Waals surface area contributed by atoms with Crippen molar-refractivity contribution < 1.29 is 4.79 Å². The topological polar surface area (TPSA) is 81.3 Å². The van der Waals surface area contributed by atoms with Crippen LogP contribution in [0.4, 0.5) is 0 Å². The van der Waals surface area contributed by atoms with Crippen molar-refractivity contribution in [1.82, 2.24) is 24.5 Å². The summed E-state index contributed by atoms with van der Waals surface area (Å²) in [5.74, 6) is 0.988. The van der Waals surface area contributed by atoms with Crippen LogP contribution in [0.3, 0.4) is 0 Å². The molecule has 4 aromatic rings. The van der Waals surface area contributed by atoms with Crippen LogP contribution in [-0.4, -0.2) is 37.4 Å². The Bertz CT molecular complexity index is 1290. The van der Waals surface area contributed by atoms with E-state index in [9.17, 15) is 9.59 Å². The van der Waals surface area contributed by atoms with E-state index < -0.39 is 0 Å². The van der Waals surface area contributed by atoms with Gasteiger partial charge in [0.2, 0.25) is 11.7 Å². The smallest absolute Gasteiger partial charge is 0.267 e. The monoisotopic (exact) mass is 421 g/mol. The molecule has 2 heterocycles. The van der Waals surface area contributed by atoms with E-state index in [2.05, 4.69) is 29.4 Å². The lowest BCUT2D eigenvalue weighted by molar-refractivity contribution is -0.118. The molecule has 0 saturated carbocycles. The molecular formula is C22H23N5O2S. The maximum Gasteiger partial charge on any atom is 0.267 e. The fourth-order valence-corrected chi connectivity index (χ4v) is 4.04. The second-order valence-corrected chi connectivity index (χ2v) is 8.54. The first kappa shape index (κ1) is 20.2. The van der Waals surface area contributed by atoms with Gasteiger partial charge in [0.25, 0.3) is 5.56 Å². The van der Waals surface area contributed by atoms with Crippen molar-refractivity contribution in [2.45, 2.75) is 25.9 Å². The van der Waals surface area contributed by atoms with Crippen LogP contribution >= 0.6 is 11.8 Å². The van der Waals surface area contributed by atoms with Gasteiger partial charge < -0.3 is 5.32 Å². The van der Waals surface area contributed by atoms with Gasteiger partial charge in [-0.1, -0.05) is 49.9 Å². The number of rotatable bonds is 6. The third kappa shape index (κ3) is 3.82. The summed E-state index contributed by atoms with van der Waals surface area (Å²) in [7, 11) is 0. The highest BCUT2D eigenvalue weighted by Crippen LogP contribution is 2.23. The largest absolute Gasteiger partial charge is 0.355 e. The van der Waals surface area contributed by atoms with E-state index >= 15 is 0 Å². The quantitative estimate of drug-likeness (QED) is 0.484. The second kappa shape index (κ2) is 8.31. The lowest BCUT2D eigenvalue weighted by Crippen LogP contribution is -2.28. The van der Waals surface area contributed by atoms with Crippen LogP contribution in [0.15, 0.2) is 58.5 Å². The molecule has 0 aliphatic rings. The first-order chi connectivity index (χ1) is 14.5. The van der Waals surface area contributed by atoms with Gasteiger partial charge in [-0.3, -0.25) is 14.0 Å². The van der Waals surface area contributed by atoms with Gasteiger partial charge >= 0.3 is 0 Å². The van der Waals surface area contributed by atoms with Gasteiger partial charge in [0, 0.05) is 6.54 Å². The Morgan fingerprint density at radius 3 is 2.70 bits per heavy atom. The van der Waals surface area contributed by atoms with Gasteiger partial charge in [0.1, 0.15) is 0 Å². The molecule has 7 nitrogen and oxygen atoms in total. The molecule has 0 aliphatic heterocycles. The summed E-state index contributed by atoms with van der Waals surface area (Å²) in [6, 6.07) is 15.1. The summed E-state index contributed by atoms with van der Waals surface area (Å²) in [6.45, 7) is 6.72. The van der Waals surface area contributed by atoms with E-state index in [1.807, 2.05) is 53.8 Å². The first-order valence-corrected chi connectivity index (χ1v) is 10.8. The molecular weight excluding hydrogens is 398 g/mol. The van der Waals surface area contributed by atoms with Crippen molar-refractivity contribution in [3.8, 4) is 5.69 Å². The van der Waals surface area contributed by atoms with Crippen molar-refractivity contribution in [3.63, 3.8) is 0 Å². The molecule has 0 saturated heterocycles. The minimum absolute atomic E-state index is 0.0539. The molecule has 0 spiro atoms. The fraction of sp³-hybridized carbons (Fsp3) is 0.273. The number of nitrogens with zero attached hydrogens (tertiary/aromatic N) is 4. The molecule has 0 bridgehead atoms. The molecule has 0 fully saturated rings. The van der Waals surface area contributed by atoms with E-state index in [1.54, 1.807) is 10.6 Å². The second-order valence-electron chi connectivity index (χ2n) is 7.60. The number of hydrogen-bond donors (Lipinski definition) is 1. The number of hydrogen-bond acceptors (Lipinski definition) is 5. The van der Waals surface area contributed by atoms with Gasteiger partial charge in [0.05, 0.1) is 22.3 Å². The number of nitrogens with one attached hydrogen (secondary N) is 1. The number of aromatic nitrogens is 4. The Hall–Kier alpha value is -3.13. The standard InChI is InChI=1S/C22H23N5O2S/c1-14(2)12-23-19(28)13-30-22-25-24-21-26(16-8-6-7-15(3)11-16)20(29)17-9-4-5-10-18(17)27(21)22/h4-11,14H,12-13H2,1-3H3,(H,23,28). The van der Waals surface area contributed by atoms with E-state index in [0.29, 0.717) is 28.8 Å². The van der Waals surface area contributed by atoms with Crippen LogP contribution in [-0.2, 0) is 4.79 Å². The van der Waals surface area contributed by atoms with Gasteiger partial charge in [-0.2, -0.15) is 0 Å². The molecule has 30 heavy (non-hydrogen) atoms. The zero-order chi connectivity index (χ0) is 21.3. The van der Waals surface area contributed by atoms with Crippen LogP contribution in [0, 0.1) is 12.8 Å². The maximum absolute atomic E-state index is 13.3. The number of aryl methyl sites for hydroxylation is 1. The van der Waals surface area contributed by atoms with Crippen molar-refractivity contribution >= 4 is 34.3 Å². The molecule has 0 atom stereocenters. The molecule has 0 radical (unpaired) electrons. The van der Waals surface area contributed by atoms with Crippen LogP contribution in [0.25, 0.3) is 22.4 Å². The highest BCUT2D eigenvalue weighted by atomic mass is 32.2. The Morgan fingerprint density at radius 2 is 1.93 bits per heavy atom. The minimum atomic E-state index is -0.151. The predicted molar refractivity (Wildman–Crippen MR) is 119 cm³/mol. The summed E-state index contributed by atoms with van der Waals surface area (Å²) in [6.07, 6.45) is 0. The van der Waals surface area contributed by atoms with E-state index in [1.165, 1.54) is 11.8 Å². The molecule has 2 aromatic carbocycles. The fourth-order valence-electron chi connectivity index (χ4n) is 3.27. The first-order valence-electron chi connectivity index (χ1n) is 9.81. The highest BCUT2D eigenvalue weighted by Gasteiger charge is 2.18. The van der Waals surface area contributed by atoms with Gasteiger partial charge in [0.15, 0.2) is 5.16 Å². The summed E-state index contributed by atoms with van der Waals surface area (Å²) < 4.78 is 3.42. The summed E-state index contributed by atoms with van der Waals surface area (Å²) in [4.78, 5) is 25.5. The van der Waals surface area contributed by atoms with E-state index in [0.717, 1.165) is 16.8 Å². The van der Waals surface area contributed by atoms with E-state index in [-0.39, 0.29) is 17.2 Å². The highest BCUT2D eigenvalue weighted by molar-refractivity contribution is 7.99. The average molecular weight is 422 g/mol. The Kier molecular flexibility index (Phi) is 5.59. The molecule has 4 rings (SSSR count). The van der Waals surface area contributed by atoms with Crippen LogP contribution < -0.4 is 10.9 Å². The zero-order valence-electron chi connectivity index (χ0n) is 17.1. The van der Waals surface area contributed by atoms with E-state index in [4.69, 9.17) is 0 Å². The molecule has 0 unspecified atom stereocenters. The Labute approximate surface area is 178 Å². The summed E-state index contributed by atoms with van der Waals surface area (Å²) in [5, 5.41) is 12.7. The molecule has 1 amide bonds. The normalized spacial score (nSPS) is 11.5. The molecule has 2 aromatic heterocycles. The lowest BCUT2D eigenvalue weighted by atomic mass is 10.2. The minimum Gasteiger partial charge on any atom is -0.355 e. The number of fused-ring (bicyclic) bond motifs is 3. The van der Waals surface area contributed by atoms with Gasteiger partial charge in [-0.25, -0.2) is 4.57 Å². The third-order valence-corrected chi connectivity index (χ3v) is 5.62. The Morgan fingerprint density at radius 1 is 1.13 bits per heavy atom. The number of carbonyl (C=O) groups is 1. The van der Waals surface area contributed by atoms with Gasteiger partial charge in [-0.15, -0.1) is 10.2 Å². The molecule has 0 aliphatic carbocycles. The number of para-hydroxylation sites is 1. The van der Waals surface area contributed by atoms with Gasteiger partial charge in [-0.05, 0) is 42.7 Å². The van der Waals surface area contributed by atoms with Crippen molar-refractivity contribution in [1.29, 1.82) is 0 Å². The van der Waals surface area contributed by atoms with Crippen LogP contribution in [0.2, 0.25) is 0 Å². The lowest BCUT2D eigenvalue weighted by Gasteiger charge is -2.12. The zero-order valence-corrected chi connectivity index (χ0v) is 17.9. The van der Waals surface area contributed by atoms with Crippen molar-refractivity contribution in [2.24, 2.45) is 5.92 Å². The Balaban J connectivity index is 1.83. The SMILES string of the molecule is Cc1cccc(-n2c(=O)c3ccccc3n3c(SCC(=O)NCC(C)C)nnc23)c1. The van der Waals surface area contributed by atoms with Crippen molar-refractivity contribution in [2.75, 3.05) is 12.3 Å². The molecule has 154 valence electrons. The predicted octanol–water partition coefficient (Wildman–Crippen LogP) is 3.21. The number of amides is 1. The summed E-state index contributed by atoms with van der Waals surface area (Å²) >= 11 is 1.31.